The van der Waals surface area contributed by atoms with Crippen LogP contribution >= 0.6 is 0 Å². The second kappa shape index (κ2) is 5.16. The highest BCUT2D eigenvalue weighted by Gasteiger charge is 2.34. The topological polar surface area (TPSA) is 18.8 Å². The average Bonchev–Trinajstić information content (AvgIpc) is 2.95. The summed E-state index contributed by atoms with van der Waals surface area (Å²) in [5.74, 6) is 1.65. The largest absolute Gasteiger partial charge is 0.377 e. The van der Waals surface area contributed by atoms with Crippen molar-refractivity contribution in [2.75, 3.05) is 25.5 Å². The highest BCUT2D eigenvalue weighted by atomic mass is 15.2. The SMILES string of the molecule is CN(C)c1ccccc1[C@@H]1CCN2Cc3ccccc3N=C12. The van der Waals surface area contributed by atoms with Crippen molar-refractivity contribution in [2.24, 2.45) is 4.99 Å². The van der Waals surface area contributed by atoms with E-state index in [1.165, 1.54) is 22.6 Å². The molecule has 0 saturated carbocycles. The van der Waals surface area contributed by atoms with Gasteiger partial charge in [0, 0.05) is 38.8 Å². The monoisotopic (exact) mass is 291 g/mol. The van der Waals surface area contributed by atoms with Crippen molar-refractivity contribution in [3.63, 3.8) is 0 Å². The molecule has 0 spiro atoms. The Morgan fingerprint density at radius 1 is 1.05 bits per heavy atom. The summed E-state index contributed by atoms with van der Waals surface area (Å²) in [4.78, 5) is 9.64. The molecule has 22 heavy (non-hydrogen) atoms. The first-order valence-electron chi connectivity index (χ1n) is 7.92. The van der Waals surface area contributed by atoms with E-state index < -0.39 is 0 Å². The van der Waals surface area contributed by atoms with Gasteiger partial charge in [-0.05, 0) is 29.7 Å². The van der Waals surface area contributed by atoms with E-state index >= 15 is 0 Å². The molecule has 2 aliphatic rings. The second-order valence-corrected chi connectivity index (χ2v) is 6.31. The lowest BCUT2D eigenvalue weighted by atomic mass is 9.94. The number of fused-ring (bicyclic) bond motifs is 2. The molecule has 0 amide bonds. The molecule has 1 saturated heterocycles. The Hall–Kier alpha value is -2.29. The van der Waals surface area contributed by atoms with Crippen molar-refractivity contribution in [2.45, 2.75) is 18.9 Å². The Kier molecular flexibility index (Phi) is 3.14. The van der Waals surface area contributed by atoms with E-state index in [1.54, 1.807) is 0 Å². The third-order valence-corrected chi connectivity index (χ3v) is 4.71. The van der Waals surface area contributed by atoms with Gasteiger partial charge in [-0.1, -0.05) is 36.4 Å². The van der Waals surface area contributed by atoms with E-state index in [0.717, 1.165) is 25.2 Å². The lowest BCUT2D eigenvalue weighted by molar-refractivity contribution is 0.443. The Labute approximate surface area is 131 Å². The van der Waals surface area contributed by atoms with E-state index in [1.807, 2.05) is 0 Å². The summed E-state index contributed by atoms with van der Waals surface area (Å²) < 4.78 is 0. The van der Waals surface area contributed by atoms with E-state index in [-0.39, 0.29) is 0 Å². The van der Waals surface area contributed by atoms with Crippen LogP contribution < -0.4 is 4.90 Å². The van der Waals surface area contributed by atoms with Crippen LogP contribution in [0.15, 0.2) is 53.5 Å². The molecular formula is C19H21N3. The fourth-order valence-electron chi connectivity index (χ4n) is 3.62. The lowest BCUT2D eigenvalue weighted by Crippen LogP contribution is -2.29. The summed E-state index contributed by atoms with van der Waals surface area (Å²) in [5, 5.41) is 0. The summed E-state index contributed by atoms with van der Waals surface area (Å²) in [5.41, 5.74) is 5.18. The van der Waals surface area contributed by atoms with Crippen molar-refractivity contribution in [1.29, 1.82) is 0 Å². The summed E-state index contributed by atoms with van der Waals surface area (Å²) in [7, 11) is 4.23. The summed E-state index contributed by atoms with van der Waals surface area (Å²) in [6.07, 6.45) is 1.15. The molecule has 1 fully saturated rings. The van der Waals surface area contributed by atoms with Gasteiger partial charge in [0.05, 0.1) is 5.69 Å². The molecule has 3 nitrogen and oxygen atoms in total. The van der Waals surface area contributed by atoms with Gasteiger partial charge in [-0.3, -0.25) is 0 Å². The van der Waals surface area contributed by atoms with Gasteiger partial charge in [-0.15, -0.1) is 0 Å². The van der Waals surface area contributed by atoms with Crippen LogP contribution in [0.5, 0.6) is 0 Å². The van der Waals surface area contributed by atoms with Crippen molar-refractivity contribution in [3.8, 4) is 0 Å². The fraction of sp³-hybridized carbons (Fsp3) is 0.316. The number of para-hydroxylation sites is 2. The highest BCUT2D eigenvalue weighted by Crippen LogP contribution is 2.39. The van der Waals surface area contributed by atoms with Gasteiger partial charge < -0.3 is 9.80 Å². The molecule has 0 aliphatic carbocycles. The van der Waals surface area contributed by atoms with Crippen molar-refractivity contribution in [1.82, 2.24) is 4.90 Å². The van der Waals surface area contributed by atoms with Crippen LogP contribution in [0.1, 0.15) is 23.5 Å². The predicted octanol–water partition coefficient (Wildman–Crippen LogP) is 3.79. The van der Waals surface area contributed by atoms with Crippen LogP contribution in [-0.2, 0) is 6.54 Å². The molecule has 2 aliphatic heterocycles. The maximum Gasteiger partial charge on any atom is 0.113 e. The molecule has 2 aromatic carbocycles. The maximum absolute atomic E-state index is 4.99. The molecule has 0 bridgehead atoms. The smallest absolute Gasteiger partial charge is 0.113 e. The van der Waals surface area contributed by atoms with Crippen molar-refractivity contribution < 1.29 is 0 Å². The average molecular weight is 291 g/mol. The zero-order chi connectivity index (χ0) is 15.1. The summed E-state index contributed by atoms with van der Waals surface area (Å²) in [6.45, 7) is 2.09. The lowest BCUT2D eigenvalue weighted by Gasteiger charge is -2.28. The van der Waals surface area contributed by atoms with Crippen LogP contribution in [0.2, 0.25) is 0 Å². The zero-order valence-corrected chi connectivity index (χ0v) is 13.2. The molecule has 3 heteroatoms. The number of hydrogen-bond acceptors (Lipinski definition) is 3. The first kappa shape index (κ1) is 13.4. The van der Waals surface area contributed by atoms with E-state index in [0.29, 0.717) is 5.92 Å². The molecule has 2 aromatic rings. The quantitative estimate of drug-likeness (QED) is 0.838. The van der Waals surface area contributed by atoms with Gasteiger partial charge in [0.25, 0.3) is 0 Å². The van der Waals surface area contributed by atoms with Crippen LogP contribution in [0.25, 0.3) is 0 Å². The van der Waals surface area contributed by atoms with Crippen molar-refractivity contribution in [3.05, 3.63) is 59.7 Å². The maximum atomic E-state index is 4.99. The van der Waals surface area contributed by atoms with Gasteiger partial charge in [0.15, 0.2) is 0 Å². The Morgan fingerprint density at radius 2 is 1.82 bits per heavy atom. The molecule has 0 unspecified atom stereocenters. The Bertz CT molecular complexity index is 733. The molecule has 4 rings (SSSR count). The predicted molar refractivity (Wildman–Crippen MR) is 92.1 cm³/mol. The minimum Gasteiger partial charge on any atom is -0.377 e. The standard InChI is InChI=1S/C19H21N3/c1-21(2)18-10-6-4-8-15(18)16-11-12-22-13-14-7-3-5-9-17(14)20-19(16)22/h3-10,16H,11-13H2,1-2H3/t16-/m0/s1. The third-order valence-electron chi connectivity index (χ3n) is 4.71. The number of nitrogens with zero attached hydrogens (tertiary/aromatic N) is 3. The third kappa shape index (κ3) is 2.08. The van der Waals surface area contributed by atoms with Crippen LogP contribution in [0.3, 0.4) is 0 Å². The fourth-order valence-corrected chi connectivity index (χ4v) is 3.62. The number of rotatable bonds is 2. The Morgan fingerprint density at radius 3 is 2.68 bits per heavy atom. The number of amidine groups is 1. The number of aliphatic imine (C=N–C) groups is 1. The van der Waals surface area contributed by atoms with Crippen LogP contribution in [0.4, 0.5) is 11.4 Å². The van der Waals surface area contributed by atoms with Gasteiger partial charge in [0.1, 0.15) is 5.84 Å². The van der Waals surface area contributed by atoms with Gasteiger partial charge in [0.2, 0.25) is 0 Å². The van der Waals surface area contributed by atoms with E-state index in [4.69, 9.17) is 4.99 Å². The molecule has 0 N–H and O–H groups in total. The number of benzene rings is 2. The number of anilines is 1. The summed E-state index contributed by atoms with van der Waals surface area (Å²) >= 11 is 0. The van der Waals surface area contributed by atoms with Gasteiger partial charge in [-0.25, -0.2) is 4.99 Å². The molecule has 1 atom stereocenters. The molecule has 112 valence electrons. The Balaban J connectivity index is 1.78. The molecule has 0 radical (unpaired) electrons. The minimum absolute atomic E-state index is 0.409. The van der Waals surface area contributed by atoms with E-state index in [9.17, 15) is 0 Å². The highest BCUT2D eigenvalue weighted by molar-refractivity contribution is 5.95. The first-order chi connectivity index (χ1) is 10.7. The van der Waals surface area contributed by atoms with Gasteiger partial charge in [-0.2, -0.15) is 0 Å². The first-order valence-corrected chi connectivity index (χ1v) is 7.92. The van der Waals surface area contributed by atoms with Gasteiger partial charge >= 0.3 is 0 Å². The molecular weight excluding hydrogens is 270 g/mol. The van der Waals surface area contributed by atoms with E-state index in [2.05, 4.69) is 72.4 Å². The van der Waals surface area contributed by atoms with Crippen molar-refractivity contribution >= 4 is 17.2 Å². The number of hydrogen-bond donors (Lipinski definition) is 0. The molecule has 2 heterocycles. The molecule has 0 aromatic heterocycles. The minimum atomic E-state index is 0.409. The second-order valence-electron chi connectivity index (χ2n) is 6.31. The van der Waals surface area contributed by atoms with Crippen LogP contribution in [0, 0.1) is 0 Å². The van der Waals surface area contributed by atoms with Crippen LogP contribution in [-0.4, -0.2) is 31.4 Å². The summed E-state index contributed by atoms with van der Waals surface area (Å²) in [6, 6.07) is 17.2. The normalized spacial score (nSPS) is 19.5. The zero-order valence-electron chi connectivity index (χ0n) is 13.2.